The number of hydrogen-bond donors (Lipinski definition) is 1. The Labute approximate surface area is 143 Å². The molecule has 0 bridgehead atoms. The Kier molecular flexibility index (Phi) is 5.30. The van der Waals surface area contributed by atoms with Crippen LogP contribution in [0.2, 0.25) is 0 Å². The Morgan fingerprint density at radius 1 is 1.25 bits per heavy atom. The number of sulfonamides is 1. The van der Waals surface area contributed by atoms with E-state index in [0.29, 0.717) is 19.5 Å². The molecule has 7 heteroatoms. The van der Waals surface area contributed by atoms with Crippen molar-refractivity contribution in [1.82, 2.24) is 19.5 Å². The molecule has 1 aliphatic carbocycles. The van der Waals surface area contributed by atoms with Gasteiger partial charge in [0.1, 0.15) is 5.69 Å². The molecule has 1 aliphatic rings. The van der Waals surface area contributed by atoms with Gasteiger partial charge in [0, 0.05) is 24.0 Å². The third kappa shape index (κ3) is 3.84. The summed E-state index contributed by atoms with van der Waals surface area (Å²) in [4.78, 5) is 4.43. The van der Waals surface area contributed by atoms with E-state index in [-0.39, 0.29) is 5.75 Å². The molecule has 3 rings (SSSR count). The summed E-state index contributed by atoms with van der Waals surface area (Å²) in [5, 5.41) is 4.75. The van der Waals surface area contributed by atoms with Crippen LogP contribution in [0.15, 0.2) is 24.4 Å². The van der Waals surface area contributed by atoms with Crippen LogP contribution in [0.3, 0.4) is 0 Å². The van der Waals surface area contributed by atoms with Gasteiger partial charge in [0.2, 0.25) is 10.0 Å². The first-order chi connectivity index (χ1) is 11.6. The van der Waals surface area contributed by atoms with Crippen molar-refractivity contribution in [3.05, 3.63) is 35.7 Å². The molecule has 0 spiro atoms. The zero-order valence-electron chi connectivity index (χ0n) is 14.0. The van der Waals surface area contributed by atoms with Crippen molar-refractivity contribution in [2.24, 2.45) is 0 Å². The minimum Gasteiger partial charge on any atom is -0.267 e. The number of nitrogens with zero attached hydrogens (tertiary/aromatic N) is 3. The van der Waals surface area contributed by atoms with Gasteiger partial charge in [-0.05, 0) is 44.2 Å². The standard InChI is InChI=1S/C17H24N4O2S/c1-2-13-24(22,23)19-11-12-21-16-9-4-3-7-14(16)17(20-21)15-8-5-6-10-18-15/h5-6,8,10,19H,2-4,7,9,11-13H2,1H3. The molecule has 2 heterocycles. The van der Waals surface area contributed by atoms with Crippen molar-refractivity contribution in [2.75, 3.05) is 12.3 Å². The fourth-order valence-corrected chi connectivity index (χ4v) is 4.30. The lowest BCUT2D eigenvalue weighted by molar-refractivity contribution is 0.538. The summed E-state index contributed by atoms with van der Waals surface area (Å²) in [6, 6.07) is 5.84. The van der Waals surface area contributed by atoms with Gasteiger partial charge < -0.3 is 0 Å². The maximum atomic E-state index is 11.8. The molecule has 0 amide bonds. The van der Waals surface area contributed by atoms with Crippen LogP contribution in [0.25, 0.3) is 11.4 Å². The summed E-state index contributed by atoms with van der Waals surface area (Å²) in [6.07, 6.45) is 6.74. The van der Waals surface area contributed by atoms with E-state index in [2.05, 4.69) is 9.71 Å². The molecular weight excluding hydrogens is 324 g/mol. The second-order valence-corrected chi connectivity index (χ2v) is 8.06. The van der Waals surface area contributed by atoms with Crippen molar-refractivity contribution < 1.29 is 8.42 Å². The van der Waals surface area contributed by atoms with Crippen molar-refractivity contribution in [1.29, 1.82) is 0 Å². The monoisotopic (exact) mass is 348 g/mol. The van der Waals surface area contributed by atoms with Crippen LogP contribution in [-0.2, 0) is 29.4 Å². The van der Waals surface area contributed by atoms with Crippen molar-refractivity contribution in [3.8, 4) is 11.4 Å². The largest absolute Gasteiger partial charge is 0.267 e. The summed E-state index contributed by atoms with van der Waals surface area (Å²) in [7, 11) is -3.17. The smallest absolute Gasteiger partial charge is 0.211 e. The van der Waals surface area contributed by atoms with Crippen LogP contribution in [0.4, 0.5) is 0 Å². The van der Waals surface area contributed by atoms with E-state index in [4.69, 9.17) is 5.10 Å². The fourth-order valence-electron chi connectivity index (χ4n) is 3.21. The fraction of sp³-hybridized carbons (Fsp3) is 0.529. The van der Waals surface area contributed by atoms with Gasteiger partial charge >= 0.3 is 0 Å². The van der Waals surface area contributed by atoms with Crippen molar-refractivity contribution >= 4 is 10.0 Å². The predicted molar refractivity (Wildman–Crippen MR) is 94.2 cm³/mol. The van der Waals surface area contributed by atoms with Gasteiger partial charge in [0.05, 0.1) is 18.0 Å². The molecular formula is C17H24N4O2S. The Bertz CT molecular complexity index is 784. The zero-order chi connectivity index (χ0) is 17.0. The summed E-state index contributed by atoms with van der Waals surface area (Å²) in [6.45, 7) is 2.79. The molecule has 130 valence electrons. The van der Waals surface area contributed by atoms with Gasteiger partial charge in [-0.15, -0.1) is 0 Å². The summed E-state index contributed by atoms with van der Waals surface area (Å²) in [5.74, 6) is 0.170. The van der Waals surface area contributed by atoms with E-state index in [0.717, 1.165) is 30.7 Å². The minimum atomic E-state index is -3.17. The third-order valence-electron chi connectivity index (χ3n) is 4.28. The van der Waals surface area contributed by atoms with E-state index in [1.165, 1.54) is 17.7 Å². The second-order valence-electron chi connectivity index (χ2n) is 6.13. The lowest BCUT2D eigenvalue weighted by Crippen LogP contribution is -2.30. The molecule has 24 heavy (non-hydrogen) atoms. The number of rotatable bonds is 7. The summed E-state index contributed by atoms with van der Waals surface area (Å²) < 4.78 is 28.2. The molecule has 0 aliphatic heterocycles. The average molecular weight is 348 g/mol. The molecule has 0 aromatic carbocycles. The average Bonchev–Trinajstić information content (AvgIpc) is 2.95. The number of nitrogens with one attached hydrogen (secondary N) is 1. The maximum absolute atomic E-state index is 11.8. The van der Waals surface area contributed by atoms with E-state index in [1.54, 1.807) is 6.20 Å². The first-order valence-electron chi connectivity index (χ1n) is 8.58. The Hall–Kier alpha value is -1.73. The maximum Gasteiger partial charge on any atom is 0.211 e. The molecule has 6 nitrogen and oxygen atoms in total. The highest BCUT2D eigenvalue weighted by Gasteiger charge is 2.22. The van der Waals surface area contributed by atoms with E-state index < -0.39 is 10.0 Å². The Morgan fingerprint density at radius 3 is 2.83 bits per heavy atom. The molecule has 0 atom stereocenters. The molecule has 0 saturated carbocycles. The van der Waals surface area contributed by atoms with Crippen LogP contribution in [0.1, 0.15) is 37.4 Å². The van der Waals surface area contributed by atoms with Crippen LogP contribution in [0, 0.1) is 0 Å². The van der Waals surface area contributed by atoms with Crippen LogP contribution < -0.4 is 4.72 Å². The number of fused-ring (bicyclic) bond motifs is 1. The highest BCUT2D eigenvalue weighted by Crippen LogP contribution is 2.30. The highest BCUT2D eigenvalue weighted by molar-refractivity contribution is 7.89. The molecule has 0 radical (unpaired) electrons. The number of pyridine rings is 1. The van der Waals surface area contributed by atoms with Gasteiger partial charge in [0.25, 0.3) is 0 Å². The van der Waals surface area contributed by atoms with E-state index in [1.807, 2.05) is 29.8 Å². The minimum absolute atomic E-state index is 0.170. The van der Waals surface area contributed by atoms with Gasteiger partial charge in [-0.25, -0.2) is 13.1 Å². The molecule has 2 aromatic rings. The zero-order valence-corrected chi connectivity index (χ0v) is 14.8. The van der Waals surface area contributed by atoms with Gasteiger partial charge in [-0.1, -0.05) is 13.0 Å². The molecule has 2 aromatic heterocycles. The molecule has 1 N–H and O–H groups in total. The highest BCUT2D eigenvalue weighted by atomic mass is 32.2. The Morgan fingerprint density at radius 2 is 2.08 bits per heavy atom. The Balaban J connectivity index is 1.80. The topological polar surface area (TPSA) is 76.9 Å². The lowest BCUT2D eigenvalue weighted by Gasteiger charge is -2.14. The van der Waals surface area contributed by atoms with Crippen LogP contribution in [-0.4, -0.2) is 35.5 Å². The van der Waals surface area contributed by atoms with Crippen molar-refractivity contribution in [3.63, 3.8) is 0 Å². The van der Waals surface area contributed by atoms with Crippen LogP contribution in [0.5, 0.6) is 0 Å². The normalized spacial score (nSPS) is 14.5. The first-order valence-corrected chi connectivity index (χ1v) is 10.2. The first kappa shape index (κ1) is 17.1. The predicted octanol–water partition coefficient (Wildman–Crippen LogP) is 2.15. The van der Waals surface area contributed by atoms with Gasteiger partial charge in [-0.2, -0.15) is 5.10 Å². The van der Waals surface area contributed by atoms with E-state index >= 15 is 0 Å². The third-order valence-corrected chi connectivity index (χ3v) is 5.87. The van der Waals surface area contributed by atoms with Gasteiger partial charge in [-0.3, -0.25) is 9.67 Å². The molecule has 0 unspecified atom stereocenters. The summed E-state index contributed by atoms with van der Waals surface area (Å²) >= 11 is 0. The SMILES string of the molecule is CCCS(=O)(=O)NCCn1nc(-c2ccccn2)c2c1CCCC2. The lowest BCUT2D eigenvalue weighted by atomic mass is 9.95. The number of aromatic nitrogens is 3. The van der Waals surface area contributed by atoms with E-state index in [9.17, 15) is 8.42 Å². The molecule has 0 saturated heterocycles. The molecule has 0 fully saturated rings. The second kappa shape index (κ2) is 7.44. The quantitative estimate of drug-likeness (QED) is 0.832. The van der Waals surface area contributed by atoms with Gasteiger partial charge in [0.15, 0.2) is 0 Å². The summed E-state index contributed by atoms with van der Waals surface area (Å²) in [5.41, 5.74) is 4.34. The van der Waals surface area contributed by atoms with Crippen molar-refractivity contribution in [2.45, 2.75) is 45.6 Å². The number of hydrogen-bond acceptors (Lipinski definition) is 4. The van der Waals surface area contributed by atoms with Crippen LogP contribution >= 0.6 is 0 Å².